The molecule has 1 aromatic carbocycles. The second kappa shape index (κ2) is 5.45. The number of aliphatic hydroxyl groups excluding tert-OH is 1. The molecule has 0 radical (unpaired) electrons. The minimum Gasteiger partial charge on any atom is -0.508 e. The second-order valence-electron chi connectivity index (χ2n) is 5.25. The van der Waals surface area contributed by atoms with Crippen LogP contribution in [0.15, 0.2) is 18.2 Å². The lowest BCUT2D eigenvalue weighted by Crippen LogP contribution is -2.31. The zero-order valence-corrected chi connectivity index (χ0v) is 11.1. The first-order valence-corrected chi connectivity index (χ1v) is 6.34. The van der Waals surface area contributed by atoms with Crippen LogP contribution in [-0.2, 0) is 15.9 Å². The lowest BCUT2D eigenvalue weighted by Gasteiger charge is -2.20. The Bertz CT molecular complexity index is 447. The monoisotopic (exact) mass is 270 g/mol. The fourth-order valence-electron chi connectivity index (χ4n) is 2.15. The summed E-state index contributed by atoms with van der Waals surface area (Å²) in [5, 5.41) is 19.6. The summed E-state index contributed by atoms with van der Waals surface area (Å²) in [7, 11) is 0. The van der Waals surface area contributed by atoms with Crippen molar-refractivity contribution >= 4 is 0 Å². The molecule has 4 nitrogen and oxygen atoms in total. The van der Waals surface area contributed by atoms with Crippen LogP contribution in [0.1, 0.15) is 25.8 Å². The summed E-state index contributed by atoms with van der Waals surface area (Å²) in [6, 6.07) is 3.79. The van der Waals surface area contributed by atoms with E-state index >= 15 is 0 Å². The maximum Gasteiger partial charge on any atom is 0.163 e. The van der Waals surface area contributed by atoms with E-state index in [9.17, 15) is 14.6 Å². The van der Waals surface area contributed by atoms with Crippen LogP contribution >= 0.6 is 0 Å². The Labute approximate surface area is 111 Å². The van der Waals surface area contributed by atoms with Crippen LogP contribution in [-0.4, -0.2) is 34.8 Å². The first kappa shape index (κ1) is 14.2. The molecule has 0 saturated carbocycles. The van der Waals surface area contributed by atoms with Crippen LogP contribution in [0.25, 0.3) is 0 Å². The number of halogens is 1. The molecule has 5 heteroatoms. The van der Waals surface area contributed by atoms with Gasteiger partial charge in [-0.25, -0.2) is 4.39 Å². The summed E-state index contributed by atoms with van der Waals surface area (Å²) in [5.41, 5.74) is 0.484. The van der Waals surface area contributed by atoms with Gasteiger partial charge in [-0.15, -0.1) is 0 Å². The van der Waals surface area contributed by atoms with Gasteiger partial charge in [0.1, 0.15) is 17.7 Å². The van der Waals surface area contributed by atoms with Crippen molar-refractivity contribution in [3.05, 3.63) is 29.6 Å². The van der Waals surface area contributed by atoms with Crippen molar-refractivity contribution in [2.75, 3.05) is 6.61 Å². The largest absolute Gasteiger partial charge is 0.508 e. The van der Waals surface area contributed by atoms with Crippen LogP contribution < -0.4 is 0 Å². The molecule has 2 atom stereocenters. The van der Waals surface area contributed by atoms with Crippen LogP contribution in [0.2, 0.25) is 0 Å². The van der Waals surface area contributed by atoms with E-state index < -0.39 is 17.7 Å². The van der Waals surface area contributed by atoms with E-state index in [1.165, 1.54) is 18.2 Å². The number of aliphatic hydroxyl groups is 1. The molecule has 0 bridgehead atoms. The number of benzene rings is 1. The molecule has 2 rings (SSSR count). The van der Waals surface area contributed by atoms with Crippen LogP contribution in [0.5, 0.6) is 5.75 Å². The number of phenolic OH excluding ortho intramolecular Hbond substituents is 1. The Morgan fingerprint density at radius 1 is 1.47 bits per heavy atom. The number of ether oxygens (including phenoxy) is 2. The summed E-state index contributed by atoms with van der Waals surface area (Å²) in [4.78, 5) is 0. The smallest absolute Gasteiger partial charge is 0.163 e. The maximum absolute atomic E-state index is 13.1. The van der Waals surface area contributed by atoms with Crippen molar-refractivity contribution in [1.29, 1.82) is 0 Å². The van der Waals surface area contributed by atoms with Gasteiger partial charge in [0.2, 0.25) is 0 Å². The van der Waals surface area contributed by atoms with E-state index in [1.54, 1.807) is 13.8 Å². The van der Waals surface area contributed by atoms with Crippen molar-refractivity contribution in [2.24, 2.45) is 0 Å². The molecule has 1 aliphatic heterocycles. The lowest BCUT2D eigenvalue weighted by molar-refractivity contribution is -0.151. The van der Waals surface area contributed by atoms with Crippen LogP contribution in [0.4, 0.5) is 4.39 Å². The topological polar surface area (TPSA) is 58.9 Å². The minimum absolute atomic E-state index is 0.0394. The predicted molar refractivity (Wildman–Crippen MR) is 67.3 cm³/mol. The summed E-state index contributed by atoms with van der Waals surface area (Å²) in [5.74, 6) is -1.03. The van der Waals surface area contributed by atoms with E-state index in [2.05, 4.69) is 0 Å². The van der Waals surface area contributed by atoms with Gasteiger partial charge >= 0.3 is 0 Å². The highest BCUT2D eigenvalue weighted by Crippen LogP contribution is 2.26. The third-order valence-corrected chi connectivity index (χ3v) is 3.21. The summed E-state index contributed by atoms with van der Waals surface area (Å²) in [6.45, 7) is 3.92. The maximum atomic E-state index is 13.1. The highest BCUT2D eigenvalue weighted by Gasteiger charge is 2.36. The van der Waals surface area contributed by atoms with Crippen molar-refractivity contribution in [1.82, 2.24) is 0 Å². The van der Waals surface area contributed by atoms with E-state index in [0.717, 1.165) is 0 Å². The van der Waals surface area contributed by atoms with E-state index in [1.807, 2.05) is 0 Å². The molecule has 1 fully saturated rings. The molecule has 1 aromatic rings. The number of aryl methyl sites for hydroxylation is 1. The van der Waals surface area contributed by atoms with E-state index in [4.69, 9.17) is 9.47 Å². The number of rotatable bonds is 4. The van der Waals surface area contributed by atoms with Crippen LogP contribution in [0.3, 0.4) is 0 Å². The zero-order chi connectivity index (χ0) is 14.0. The van der Waals surface area contributed by atoms with Gasteiger partial charge in [-0.3, -0.25) is 0 Å². The first-order valence-electron chi connectivity index (χ1n) is 6.34. The Balaban J connectivity index is 1.90. The Kier molecular flexibility index (Phi) is 4.08. The Hall–Kier alpha value is -1.17. The summed E-state index contributed by atoms with van der Waals surface area (Å²) >= 11 is 0. The van der Waals surface area contributed by atoms with Gasteiger partial charge in [0, 0.05) is 0 Å². The number of hydrogen-bond donors (Lipinski definition) is 2. The van der Waals surface area contributed by atoms with Gasteiger partial charge in [-0.1, -0.05) is 0 Å². The van der Waals surface area contributed by atoms with Gasteiger partial charge in [-0.2, -0.15) is 0 Å². The number of aromatic hydroxyl groups is 1. The normalized spacial score (nSPS) is 23.5. The molecule has 19 heavy (non-hydrogen) atoms. The average molecular weight is 270 g/mol. The molecule has 2 N–H and O–H groups in total. The van der Waals surface area contributed by atoms with Crippen molar-refractivity contribution in [3.8, 4) is 5.75 Å². The quantitative estimate of drug-likeness (QED) is 0.878. The van der Waals surface area contributed by atoms with Gasteiger partial charge in [0.05, 0.1) is 12.7 Å². The van der Waals surface area contributed by atoms with E-state index in [0.29, 0.717) is 25.0 Å². The van der Waals surface area contributed by atoms with Gasteiger partial charge in [0.15, 0.2) is 5.79 Å². The number of phenols is 1. The molecule has 0 spiro atoms. The molecule has 1 saturated heterocycles. The summed E-state index contributed by atoms with van der Waals surface area (Å²) < 4.78 is 24.0. The lowest BCUT2D eigenvalue weighted by atomic mass is 10.0. The molecule has 0 unspecified atom stereocenters. The fraction of sp³-hybridized carbons (Fsp3) is 0.571. The fourth-order valence-corrected chi connectivity index (χ4v) is 2.15. The molecule has 0 aromatic heterocycles. The van der Waals surface area contributed by atoms with E-state index in [-0.39, 0.29) is 11.9 Å². The highest BCUT2D eigenvalue weighted by molar-refractivity contribution is 5.32. The molecular weight excluding hydrogens is 251 g/mol. The third-order valence-electron chi connectivity index (χ3n) is 3.21. The zero-order valence-electron chi connectivity index (χ0n) is 11.1. The van der Waals surface area contributed by atoms with Crippen molar-refractivity contribution in [3.63, 3.8) is 0 Å². The van der Waals surface area contributed by atoms with Gasteiger partial charge in [-0.05, 0) is 50.5 Å². The summed E-state index contributed by atoms with van der Waals surface area (Å²) in [6.07, 6.45) is -0.332. The first-order chi connectivity index (χ1) is 8.87. The standard InChI is InChI=1S/C14H19FO4/c1-14(2)18-8-13(19-14)12(17)5-3-9-7-10(15)4-6-11(9)16/h4,6-7,12-13,16-17H,3,5,8H2,1-2H3/t12-,13+/m1/s1. The molecule has 106 valence electrons. The number of hydrogen-bond acceptors (Lipinski definition) is 4. The highest BCUT2D eigenvalue weighted by atomic mass is 19.1. The van der Waals surface area contributed by atoms with Gasteiger partial charge in [0.25, 0.3) is 0 Å². The molecule has 0 amide bonds. The molecule has 0 aliphatic carbocycles. The molecular formula is C14H19FO4. The second-order valence-corrected chi connectivity index (χ2v) is 5.25. The predicted octanol–water partition coefficient (Wildman–Crippen LogP) is 1.98. The van der Waals surface area contributed by atoms with Crippen molar-refractivity contribution < 1.29 is 24.1 Å². The van der Waals surface area contributed by atoms with Crippen molar-refractivity contribution in [2.45, 2.75) is 44.7 Å². The van der Waals surface area contributed by atoms with Crippen LogP contribution in [0, 0.1) is 5.82 Å². The Morgan fingerprint density at radius 3 is 2.84 bits per heavy atom. The molecule has 1 aliphatic rings. The van der Waals surface area contributed by atoms with Gasteiger partial charge < -0.3 is 19.7 Å². The third kappa shape index (κ3) is 3.65. The Morgan fingerprint density at radius 2 is 2.21 bits per heavy atom. The average Bonchev–Trinajstić information content (AvgIpc) is 2.70. The minimum atomic E-state index is -0.704. The molecule has 1 heterocycles. The SMILES string of the molecule is CC1(C)OC[C@@H]([C@H](O)CCc2cc(F)ccc2O)O1.